The number of piperidine rings is 1. The largest absolute Gasteiger partial charge is 0.478 e. The minimum absolute atomic E-state index is 0.144. The summed E-state index contributed by atoms with van der Waals surface area (Å²) in [6.07, 6.45) is 5.35. The number of hydrogen-bond acceptors (Lipinski definition) is 5. The van der Waals surface area contributed by atoms with E-state index in [1.54, 1.807) is 12.1 Å². The molecule has 4 atom stereocenters. The zero-order valence-electron chi connectivity index (χ0n) is 20.0. The van der Waals surface area contributed by atoms with E-state index in [4.69, 9.17) is 32.5 Å². The maximum absolute atomic E-state index is 11.3. The Morgan fingerprint density at radius 2 is 1.86 bits per heavy atom. The molecular weight excluding hydrogens is 499 g/mol. The summed E-state index contributed by atoms with van der Waals surface area (Å²) in [5.41, 5.74) is 3.74. The van der Waals surface area contributed by atoms with Crippen LogP contribution in [0.1, 0.15) is 66.6 Å². The van der Waals surface area contributed by atoms with Crippen molar-refractivity contribution in [2.75, 3.05) is 4.90 Å². The number of carbonyl (C=O) groups is 1. The van der Waals surface area contributed by atoms with Gasteiger partial charge in [0.1, 0.15) is 11.5 Å². The number of rotatable bonds is 8. The molecule has 1 N–H and O–H groups in total. The normalized spacial score (nSPS) is 25.0. The molecule has 1 aromatic heterocycles. The number of carboxylic acid groups (broad SMARTS) is 1. The first-order valence-corrected chi connectivity index (χ1v) is 13.4. The van der Waals surface area contributed by atoms with Gasteiger partial charge in [-0.05, 0) is 68.5 Å². The lowest BCUT2D eigenvalue weighted by Gasteiger charge is -2.40. The van der Waals surface area contributed by atoms with Gasteiger partial charge in [0.25, 0.3) is 0 Å². The van der Waals surface area contributed by atoms with Gasteiger partial charge < -0.3 is 19.3 Å². The van der Waals surface area contributed by atoms with E-state index < -0.39 is 5.97 Å². The van der Waals surface area contributed by atoms with Gasteiger partial charge in [-0.2, -0.15) is 0 Å². The van der Waals surface area contributed by atoms with Crippen LogP contribution in [0, 0.1) is 5.92 Å². The molecule has 2 aromatic carbocycles. The number of halogens is 2. The summed E-state index contributed by atoms with van der Waals surface area (Å²) in [6, 6.07) is 13.4. The zero-order chi connectivity index (χ0) is 25.0. The lowest BCUT2D eigenvalue weighted by molar-refractivity contribution is 0.00158. The number of carboxylic acids is 1. The molecule has 188 valence electrons. The monoisotopic (exact) mass is 526 g/mol. The van der Waals surface area contributed by atoms with Crippen molar-refractivity contribution in [3.8, 4) is 11.3 Å². The second-order valence-electron chi connectivity index (χ2n) is 10.1. The summed E-state index contributed by atoms with van der Waals surface area (Å²) in [7, 11) is 0. The molecule has 6 nitrogen and oxygen atoms in total. The minimum Gasteiger partial charge on any atom is -0.478 e. The zero-order valence-corrected chi connectivity index (χ0v) is 21.5. The highest BCUT2D eigenvalue weighted by atomic mass is 35.5. The molecule has 1 aliphatic heterocycles. The molecule has 1 saturated heterocycles. The molecule has 6 rings (SSSR count). The van der Waals surface area contributed by atoms with Gasteiger partial charge in [0.2, 0.25) is 0 Å². The average Bonchev–Trinajstić information content (AvgIpc) is 3.36. The fraction of sp³-hybridized carbons (Fsp3) is 0.429. The average molecular weight is 527 g/mol. The van der Waals surface area contributed by atoms with Crippen LogP contribution in [0.15, 0.2) is 47.0 Å². The molecule has 2 heterocycles. The molecule has 2 aliphatic carbocycles. The summed E-state index contributed by atoms with van der Waals surface area (Å²) < 4.78 is 12.4. The standard InChI is InChI=1S/C28H28Cl2N2O4/c1-2-23-19-12-18(32(23)17-10-8-16(9-11-17)28(33)34)13-24(19)35-14-20-26(31-36-27(20)15-6-7-15)25-21(29)4-3-5-22(25)30/h3-5,8-11,15,18-19,23-24H,2,6-7,12-14H2,1H3,(H,33,34)/t18-,19-,23+,24+/m1/s1. The molecule has 2 bridgehead atoms. The van der Waals surface area contributed by atoms with Gasteiger partial charge in [0.15, 0.2) is 0 Å². The molecule has 0 spiro atoms. The summed E-state index contributed by atoms with van der Waals surface area (Å²) in [5, 5.41) is 14.7. The van der Waals surface area contributed by atoms with Crippen molar-refractivity contribution in [1.82, 2.24) is 5.16 Å². The maximum Gasteiger partial charge on any atom is 0.335 e. The Bertz CT molecular complexity index is 1270. The van der Waals surface area contributed by atoms with E-state index in [-0.39, 0.29) is 6.10 Å². The molecule has 0 amide bonds. The third-order valence-corrected chi connectivity index (χ3v) is 8.64. The predicted octanol–water partition coefficient (Wildman–Crippen LogP) is 7.19. The van der Waals surface area contributed by atoms with Gasteiger partial charge in [0, 0.05) is 40.7 Å². The van der Waals surface area contributed by atoms with Gasteiger partial charge >= 0.3 is 5.97 Å². The number of anilines is 1. The first-order chi connectivity index (χ1) is 17.5. The van der Waals surface area contributed by atoms with E-state index in [2.05, 4.69) is 17.0 Å². The van der Waals surface area contributed by atoms with Crippen LogP contribution in [0.5, 0.6) is 0 Å². The molecule has 3 fully saturated rings. The van der Waals surface area contributed by atoms with Crippen LogP contribution in [0.4, 0.5) is 5.69 Å². The molecule has 2 saturated carbocycles. The van der Waals surface area contributed by atoms with Crippen molar-refractivity contribution in [3.05, 3.63) is 69.4 Å². The van der Waals surface area contributed by atoms with Gasteiger partial charge in [0.05, 0.1) is 28.3 Å². The van der Waals surface area contributed by atoms with Crippen molar-refractivity contribution >= 4 is 34.9 Å². The fourth-order valence-electron chi connectivity index (χ4n) is 6.22. The molecule has 0 radical (unpaired) electrons. The van der Waals surface area contributed by atoms with E-state index >= 15 is 0 Å². The predicted molar refractivity (Wildman–Crippen MR) is 139 cm³/mol. The van der Waals surface area contributed by atoms with E-state index in [9.17, 15) is 9.90 Å². The second kappa shape index (κ2) is 9.40. The molecule has 36 heavy (non-hydrogen) atoms. The summed E-state index contributed by atoms with van der Waals surface area (Å²) >= 11 is 13.0. The Kier molecular flexibility index (Phi) is 6.22. The van der Waals surface area contributed by atoms with Crippen LogP contribution in [0.3, 0.4) is 0 Å². The number of aromatic carboxylic acids is 1. The highest BCUT2D eigenvalue weighted by molar-refractivity contribution is 6.39. The second-order valence-corrected chi connectivity index (χ2v) is 10.9. The van der Waals surface area contributed by atoms with Crippen LogP contribution in [0.25, 0.3) is 11.3 Å². The Morgan fingerprint density at radius 1 is 1.14 bits per heavy atom. The SMILES string of the molecule is CC[C@H]1[C@H]2C[C@H](C[C@@H]2OCc2c(-c3c(Cl)cccc3Cl)noc2C2CC2)N1c1ccc(C(=O)O)cc1. The van der Waals surface area contributed by atoms with Crippen LogP contribution in [-0.4, -0.2) is 34.4 Å². The molecule has 0 unspecified atom stereocenters. The first-order valence-electron chi connectivity index (χ1n) is 12.6. The Morgan fingerprint density at radius 3 is 2.50 bits per heavy atom. The van der Waals surface area contributed by atoms with Crippen LogP contribution in [-0.2, 0) is 11.3 Å². The van der Waals surface area contributed by atoms with Crippen LogP contribution >= 0.6 is 23.2 Å². The van der Waals surface area contributed by atoms with E-state index in [0.29, 0.717) is 57.4 Å². The molecular formula is C28H28Cl2N2O4. The summed E-state index contributed by atoms with van der Waals surface area (Å²) in [6.45, 7) is 2.63. The van der Waals surface area contributed by atoms with Crippen molar-refractivity contribution in [3.63, 3.8) is 0 Å². The molecule has 3 aliphatic rings. The third-order valence-electron chi connectivity index (χ3n) is 8.01. The van der Waals surface area contributed by atoms with Gasteiger partial charge in [-0.1, -0.05) is 41.3 Å². The first kappa shape index (κ1) is 23.8. The van der Waals surface area contributed by atoms with Crippen LogP contribution in [0.2, 0.25) is 10.0 Å². The Labute approximate surface area is 220 Å². The highest BCUT2D eigenvalue weighted by Gasteiger charge is 2.51. The number of nitrogens with zero attached hydrogens (tertiary/aromatic N) is 2. The number of ether oxygens (including phenoxy) is 1. The summed E-state index contributed by atoms with van der Waals surface area (Å²) in [4.78, 5) is 13.7. The number of aromatic nitrogens is 1. The minimum atomic E-state index is -0.901. The smallest absolute Gasteiger partial charge is 0.335 e. The van der Waals surface area contributed by atoms with E-state index in [0.717, 1.165) is 49.1 Å². The molecule has 8 heteroatoms. The third kappa shape index (κ3) is 4.09. The lowest BCUT2D eigenvalue weighted by Crippen LogP contribution is -2.46. The fourth-order valence-corrected chi connectivity index (χ4v) is 6.80. The topological polar surface area (TPSA) is 75.8 Å². The number of benzene rings is 2. The number of fused-ring (bicyclic) bond motifs is 2. The Balaban J connectivity index is 1.22. The van der Waals surface area contributed by atoms with E-state index in [1.165, 1.54) is 0 Å². The maximum atomic E-state index is 11.3. The van der Waals surface area contributed by atoms with Crippen molar-refractivity contribution in [1.29, 1.82) is 0 Å². The van der Waals surface area contributed by atoms with Crippen molar-refractivity contribution < 1.29 is 19.2 Å². The molecule has 3 aromatic rings. The van der Waals surface area contributed by atoms with Gasteiger partial charge in [-0.3, -0.25) is 0 Å². The van der Waals surface area contributed by atoms with Crippen molar-refractivity contribution in [2.45, 2.75) is 69.7 Å². The van der Waals surface area contributed by atoms with Crippen LogP contribution < -0.4 is 4.90 Å². The number of hydrogen-bond donors (Lipinski definition) is 1. The Hall–Kier alpha value is -2.54. The highest BCUT2D eigenvalue weighted by Crippen LogP contribution is 2.49. The quantitative estimate of drug-likeness (QED) is 0.334. The van der Waals surface area contributed by atoms with E-state index in [1.807, 2.05) is 30.3 Å². The van der Waals surface area contributed by atoms with Gasteiger partial charge in [-0.25, -0.2) is 4.79 Å². The lowest BCUT2D eigenvalue weighted by atomic mass is 9.93. The van der Waals surface area contributed by atoms with Crippen molar-refractivity contribution in [2.24, 2.45) is 5.92 Å². The summed E-state index contributed by atoms with van der Waals surface area (Å²) in [5.74, 6) is 0.799. The van der Waals surface area contributed by atoms with Gasteiger partial charge in [-0.15, -0.1) is 0 Å².